The van der Waals surface area contributed by atoms with Crippen molar-refractivity contribution in [3.63, 3.8) is 0 Å². The Balaban J connectivity index is 1.13. The van der Waals surface area contributed by atoms with Crippen LogP contribution < -0.4 is 10.6 Å². The molecule has 4 rings (SSSR count). The first-order valence-corrected chi connectivity index (χ1v) is 8.96. The van der Waals surface area contributed by atoms with Crippen molar-refractivity contribution in [1.82, 2.24) is 25.5 Å². The molecule has 132 valence electrons. The average molecular weight is 341 g/mol. The number of hydrogen-bond acceptors (Lipinski definition) is 3. The van der Waals surface area contributed by atoms with E-state index in [0.29, 0.717) is 19.6 Å². The zero-order valence-corrected chi connectivity index (χ0v) is 14.1. The molecule has 1 saturated heterocycles. The van der Waals surface area contributed by atoms with Crippen LogP contribution in [0.5, 0.6) is 0 Å². The molecule has 0 atom stereocenters. The van der Waals surface area contributed by atoms with Gasteiger partial charge < -0.3 is 20.5 Å². The fourth-order valence-electron chi connectivity index (χ4n) is 3.09. The Labute approximate surface area is 146 Å². The summed E-state index contributed by atoms with van der Waals surface area (Å²) in [6.45, 7) is 1.83. The highest BCUT2D eigenvalue weighted by molar-refractivity contribution is 5.82. The summed E-state index contributed by atoms with van der Waals surface area (Å²) in [4.78, 5) is 33.2. The molecule has 1 aliphatic carbocycles. The van der Waals surface area contributed by atoms with Crippen molar-refractivity contribution < 1.29 is 9.59 Å². The molecule has 2 fully saturated rings. The number of aromatic nitrogens is 2. The molecule has 2 aromatic rings. The molecule has 2 heterocycles. The molecule has 0 unspecified atom stereocenters. The van der Waals surface area contributed by atoms with E-state index in [1.165, 1.54) is 0 Å². The first-order chi connectivity index (χ1) is 12.2. The van der Waals surface area contributed by atoms with Crippen molar-refractivity contribution in [1.29, 1.82) is 0 Å². The zero-order valence-electron chi connectivity index (χ0n) is 14.1. The molecule has 2 aliphatic rings. The Morgan fingerprint density at radius 3 is 2.80 bits per heavy atom. The number of imidazole rings is 1. The Bertz CT molecular complexity index is 744. The molecule has 3 N–H and O–H groups in total. The van der Waals surface area contributed by atoms with Crippen LogP contribution in [0.25, 0.3) is 11.0 Å². The molecule has 0 spiro atoms. The summed E-state index contributed by atoms with van der Waals surface area (Å²) in [5, 5.41) is 5.92. The first kappa shape index (κ1) is 15.9. The van der Waals surface area contributed by atoms with Gasteiger partial charge in [0.1, 0.15) is 5.82 Å². The summed E-state index contributed by atoms with van der Waals surface area (Å²) >= 11 is 0. The number of nitrogens with one attached hydrogen (secondary N) is 3. The van der Waals surface area contributed by atoms with E-state index in [1.54, 1.807) is 4.90 Å². The lowest BCUT2D eigenvalue weighted by Gasteiger charge is -2.39. The van der Waals surface area contributed by atoms with Crippen molar-refractivity contribution in [2.45, 2.75) is 31.7 Å². The monoisotopic (exact) mass is 341 g/mol. The van der Waals surface area contributed by atoms with Gasteiger partial charge in [-0.1, -0.05) is 12.1 Å². The van der Waals surface area contributed by atoms with Gasteiger partial charge >= 0.3 is 6.03 Å². The molecular formula is C18H23N5O2. The summed E-state index contributed by atoms with van der Waals surface area (Å²) in [7, 11) is 0. The molecule has 0 bridgehead atoms. The number of benzene rings is 1. The second-order valence-electron chi connectivity index (χ2n) is 6.92. The number of amides is 3. The highest BCUT2D eigenvalue weighted by Crippen LogP contribution is 2.29. The predicted octanol–water partition coefficient (Wildman–Crippen LogP) is 1.42. The van der Waals surface area contributed by atoms with E-state index in [1.807, 2.05) is 24.3 Å². The average Bonchev–Trinajstić information content (AvgIpc) is 3.34. The lowest BCUT2D eigenvalue weighted by Crippen LogP contribution is -2.63. The Morgan fingerprint density at radius 2 is 2.04 bits per heavy atom. The van der Waals surface area contributed by atoms with Crippen LogP contribution in [0.2, 0.25) is 0 Å². The number of hydrogen-bond donors (Lipinski definition) is 3. The number of aromatic amines is 1. The molecule has 7 nitrogen and oxygen atoms in total. The molecule has 0 radical (unpaired) electrons. The van der Waals surface area contributed by atoms with E-state index in [4.69, 9.17) is 0 Å². The first-order valence-electron chi connectivity index (χ1n) is 8.96. The van der Waals surface area contributed by atoms with Crippen molar-refractivity contribution >= 4 is 23.0 Å². The molecule has 1 aromatic heterocycles. The van der Waals surface area contributed by atoms with Gasteiger partial charge in [0, 0.05) is 32.0 Å². The number of para-hydroxylation sites is 2. The molecule has 7 heteroatoms. The molecular weight excluding hydrogens is 318 g/mol. The lowest BCUT2D eigenvalue weighted by atomic mass is 10.1. The van der Waals surface area contributed by atoms with Gasteiger partial charge in [-0.2, -0.15) is 0 Å². The van der Waals surface area contributed by atoms with Gasteiger partial charge in [-0.3, -0.25) is 4.79 Å². The Hall–Kier alpha value is -2.57. The summed E-state index contributed by atoms with van der Waals surface area (Å²) in [6.07, 6.45) is 3.65. The van der Waals surface area contributed by atoms with Crippen molar-refractivity contribution in [2.24, 2.45) is 5.92 Å². The minimum atomic E-state index is -0.0541. The van der Waals surface area contributed by atoms with Gasteiger partial charge in [0.25, 0.3) is 0 Å². The molecule has 1 aliphatic heterocycles. The number of urea groups is 1. The third-order valence-electron chi connectivity index (χ3n) is 4.77. The van der Waals surface area contributed by atoms with Gasteiger partial charge in [0.2, 0.25) is 5.91 Å². The number of nitrogens with zero attached hydrogens (tertiary/aromatic N) is 2. The zero-order chi connectivity index (χ0) is 17.2. The normalized spacial score (nSPS) is 17.4. The van der Waals surface area contributed by atoms with Crippen molar-refractivity contribution in [2.75, 3.05) is 19.6 Å². The van der Waals surface area contributed by atoms with Crippen LogP contribution in [0.15, 0.2) is 24.3 Å². The maximum Gasteiger partial charge on any atom is 0.317 e. The van der Waals surface area contributed by atoms with Crippen LogP contribution >= 0.6 is 0 Å². The number of H-pyrrole nitrogens is 1. The number of fused-ring (bicyclic) bond motifs is 1. The van der Waals surface area contributed by atoms with Gasteiger partial charge in [-0.25, -0.2) is 9.78 Å². The fourth-order valence-corrected chi connectivity index (χ4v) is 3.09. The second-order valence-corrected chi connectivity index (χ2v) is 6.92. The van der Waals surface area contributed by atoms with Crippen LogP contribution in [-0.4, -0.2) is 52.5 Å². The van der Waals surface area contributed by atoms with Gasteiger partial charge in [0.05, 0.1) is 17.1 Å². The fraction of sp³-hybridized carbons (Fsp3) is 0.500. The smallest absolute Gasteiger partial charge is 0.317 e. The van der Waals surface area contributed by atoms with Gasteiger partial charge in [0.15, 0.2) is 0 Å². The maximum absolute atomic E-state index is 12.0. The number of carbonyl (C=O) groups excluding carboxylic acids is 2. The van der Waals surface area contributed by atoms with Crippen molar-refractivity contribution in [3.8, 4) is 0 Å². The van der Waals surface area contributed by atoms with Crippen LogP contribution in [0.4, 0.5) is 4.79 Å². The second kappa shape index (κ2) is 6.74. The molecule has 1 aromatic carbocycles. The quantitative estimate of drug-likeness (QED) is 0.694. The SMILES string of the molecule is O=C(NC1CN(C(=O)NCCCc2nc3ccccc3[nH]2)C1)C1CC1. The standard InChI is InChI=1S/C18H23N5O2/c24-17(12-7-8-12)20-13-10-23(11-13)18(25)19-9-3-6-16-21-14-4-1-2-5-15(14)22-16/h1-2,4-5,12-13H,3,6-11H2,(H,19,25)(H,20,24)(H,21,22). The lowest BCUT2D eigenvalue weighted by molar-refractivity contribution is -0.123. The molecule has 1 saturated carbocycles. The van der Waals surface area contributed by atoms with Crippen LogP contribution in [0.3, 0.4) is 0 Å². The van der Waals surface area contributed by atoms with Gasteiger partial charge in [-0.15, -0.1) is 0 Å². The number of rotatable bonds is 6. The Morgan fingerprint density at radius 1 is 1.24 bits per heavy atom. The minimum Gasteiger partial charge on any atom is -0.350 e. The number of carbonyl (C=O) groups is 2. The van der Waals surface area contributed by atoms with Gasteiger partial charge in [-0.05, 0) is 31.4 Å². The van der Waals surface area contributed by atoms with Crippen LogP contribution in [-0.2, 0) is 11.2 Å². The topological polar surface area (TPSA) is 90.1 Å². The molecule has 3 amide bonds. The summed E-state index contributed by atoms with van der Waals surface area (Å²) in [5.74, 6) is 1.32. The largest absolute Gasteiger partial charge is 0.350 e. The highest BCUT2D eigenvalue weighted by atomic mass is 16.2. The maximum atomic E-state index is 12.0. The van der Waals surface area contributed by atoms with Crippen molar-refractivity contribution in [3.05, 3.63) is 30.1 Å². The molecule has 25 heavy (non-hydrogen) atoms. The van der Waals surface area contributed by atoms with E-state index in [0.717, 1.165) is 42.5 Å². The van der Waals surface area contributed by atoms with E-state index in [9.17, 15) is 9.59 Å². The van der Waals surface area contributed by atoms with E-state index < -0.39 is 0 Å². The number of aryl methyl sites for hydroxylation is 1. The third kappa shape index (κ3) is 3.75. The highest BCUT2D eigenvalue weighted by Gasteiger charge is 2.36. The van der Waals surface area contributed by atoms with Crippen LogP contribution in [0.1, 0.15) is 25.1 Å². The predicted molar refractivity (Wildman–Crippen MR) is 94.0 cm³/mol. The summed E-state index contributed by atoms with van der Waals surface area (Å²) in [6, 6.07) is 8.02. The third-order valence-corrected chi connectivity index (χ3v) is 4.77. The van der Waals surface area contributed by atoms with Crippen LogP contribution in [0, 0.1) is 5.92 Å². The summed E-state index contributed by atoms with van der Waals surface area (Å²) < 4.78 is 0. The summed E-state index contributed by atoms with van der Waals surface area (Å²) in [5.41, 5.74) is 2.02. The Kier molecular flexibility index (Phi) is 4.29. The minimum absolute atomic E-state index is 0.0541. The number of likely N-dealkylation sites (tertiary alicyclic amines) is 1. The van der Waals surface area contributed by atoms with E-state index in [2.05, 4.69) is 20.6 Å². The van der Waals surface area contributed by atoms with E-state index >= 15 is 0 Å². The van der Waals surface area contributed by atoms with E-state index in [-0.39, 0.29) is 23.9 Å².